The Kier molecular flexibility index (Phi) is 8.32. The molecule has 0 spiro atoms. The van der Waals surface area contributed by atoms with Crippen LogP contribution >= 0.6 is 0 Å². The maximum absolute atomic E-state index is 13.0. The summed E-state index contributed by atoms with van der Waals surface area (Å²) in [5.74, 6) is -0.953. The standard InChI is InChI=1S/C16H24F6O2/c1-5-7-8-9-12(24-13(23)11(3)6-2)10-14(4,15(17,18)19)16(20,21)22/h12H,3,5-10H2,1-2,4H3. The quantitative estimate of drug-likeness (QED) is 0.219. The van der Waals surface area contributed by atoms with Gasteiger partial charge in [0, 0.05) is 12.0 Å². The first-order valence-electron chi connectivity index (χ1n) is 7.82. The molecule has 1 atom stereocenters. The van der Waals surface area contributed by atoms with Crippen LogP contribution in [0.25, 0.3) is 0 Å². The molecular formula is C16H24F6O2. The van der Waals surface area contributed by atoms with Crippen LogP contribution in [0, 0.1) is 5.41 Å². The van der Waals surface area contributed by atoms with E-state index in [4.69, 9.17) is 4.74 Å². The number of rotatable bonds is 9. The molecule has 0 aliphatic carbocycles. The van der Waals surface area contributed by atoms with Crippen LogP contribution < -0.4 is 0 Å². The lowest BCUT2D eigenvalue weighted by Gasteiger charge is -2.36. The third kappa shape index (κ3) is 6.02. The molecule has 1 unspecified atom stereocenters. The van der Waals surface area contributed by atoms with Crippen LogP contribution in [0.2, 0.25) is 0 Å². The minimum Gasteiger partial charge on any atom is -0.459 e. The first-order valence-corrected chi connectivity index (χ1v) is 7.82. The van der Waals surface area contributed by atoms with Gasteiger partial charge in [-0.25, -0.2) is 4.79 Å². The molecule has 8 heteroatoms. The van der Waals surface area contributed by atoms with Crippen LogP contribution in [0.3, 0.4) is 0 Å². The summed E-state index contributed by atoms with van der Waals surface area (Å²) in [5.41, 5.74) is -3.93. The molecule has 0 N–H and O–H groups in total. The molecule has 142 valence electrons. The molecule has 0 saturated heterocycles. The van der Waals surface area contributed by atoms with Gasteiger partial charge < -0.3 is 4.74 Å². The number of carbonyl (C=O) groups is 1. The predicted octanol–water partition coefficient (Wildman–Crippen LogP) is 5.97. The lowest BCUT2D eigenvalue weighted by atomic mass is 9.81. The maximum Gasteiger partial charge on any atom is 0.403 e. The molecule has 0 radical (unpaired) electrons. The van der Waals surface area contributed by atoms with Crippen LogP contribution in [-0.2, 0) is 9.53 Å². The van der Waals surface area contributed by atoms with Gasteiger partial charge in [-0.3, -0.25) is 0 Å². The van der Waals surface area contributed by atoms with Crippen molar-refractivity contribution in [2.45, 2.75) is 77.8 Å². The molecule has 0 aromatic carbocycles. The summed E-state index contributed by atoms with van der Waals surface area (Å²) in [6.45, 7) is 6.93. The van der Waals surface area contributed by atoms with Gasteiger partial charge >= 0.3 is 18.3 Å². The van der Waals surface area contributed by atoms with Gasteiger partial charge in [-0.2, -0.15) is 26.3 Å². The summed E-state index contributed by atoms with van der Waals surface area (Å²) in [5, 5.41) is 0. The number of carbonyl (C=O) groups excluding carboxylic acids is 1. The van der Waals surface area contributed by atoms with Crippen LogP contribution in [0.15, 0.2) is 12.2 Å². The Morgan fingerprint density at radius 1 is 1.04 bits per heavy atom. The molecule has 0 aliphatic heterocycles. The Morgan fingerprint density at radius 2 is 1.54 bits per heavy atom. The summed E-state index contributed by atoms with van der Waals surface area (Å²) >= 11 is 0. The van der Waals surface area contributed by atoms with E-state index in [1.165, 1.54) is 0 Å². The zero-order valence-corrected chi connectivity index (χ0v) is 14.1. The van der Waals surface area contributed by atoms with Gasteiger partial charge in [-0.05, 0) is 26.2 Å². The van der Waals surface area contributed by atoms with E-state index in [0.717, 1.165) is 6.42 Å². The smallest absolute Gasteiger partial charge is 0.403 e. The lowest BCUT2D eigenvalue weighted by molar-refractivity contribution is -0.341. The highest BCUT2D eigenvalue weighted by Gasteiger charge is 2.67. The molecule has 0 bridgehead atoms. The Morgan fingerprint density at radius 3 is 1.92 bits per heavy atom. The van der Waals surface area contributed by atoms with Crippen molar-refractivity contribution in [3.8, 4) is 0 Å². The molecule has 0 aromatic heterocycles. The van der Waals surface area contributed by atoms with E-state index >= 15 is 0 Å². The fourth-order valence-corrected chi connectivity index (χ4v) is 2.05. The van der Waals surface area contributed by atoms with Crippen molar-refractivity contribution >= 4 is 5.97 Å². The number of esters is 1. The van der Waals surface area contributed by atoms with E-state index in [0.29, 0.717) is 12.8 Å². The average molecular weight is 362 g/mol. The number of unbranched alkanes of at least 4 members (excludes halogenated alkanes) is 2. The van der Waals surface area contributed by atoms with E-state index < -0.39 is 36.3 Å². The van der Waals surface area contributed by atoms with Crippen LogP contribution in [-0.4, -0.2) is 24.4 Å². The van der Waals surface area contributed by atoms with E-state index in [-0.39, 0.29) is 25.3 Å². The number of hydrogen-bond donors (Lipinski definition) is 0. The lowest BCUT2D eigenvalue weighted by Crippen LogP contribution is -2.50. The van der Waals surface area contributed by atoms with Crippen molar-refractivity contribution in [1.82, 2.24) is 0 Å². The fourth-order valence-electron chi connectivity index (χ4n) is 2.05. The first-order chi connectivity index (χ1) is 10.8. The van der Waals surface area contributed by atoms with Gasteiger partial charge in [-0.1, -0.05) is 33.3 Å². The molecule has 0 aromatic rings. The molecule has 0 fully saturated rings. The summed E-state index contributed by atoms with van der Waals surface area (Å²) in [7, 11) is 0. The largest absolute Gasteiger partial charge is 0.459 e. The van der Waals surface area contributed by atoms with Gasteiger partial charge in [0.25, 0.3) is 0 Å². The molecule has 0 saturated carbocycles. The van der Waals surface area contributed by atoms with Crippen LogP contribution in [0.5, 0.6) is 0 Å². The van der Waals surface area contributed by atoms with Crippen molar-refractivity contribution in [3.63, 3.8) is 0 Å². The van der Waals surface area contributed by atoms with Gasteiger partial charge in [0.2, 0.25) is 0 Å². The topological polar surface area (TPSA) is 26.3 Å². The Hall–Kier alpha value is -1.21. The second-order valence-corrected chi connectivity index (χ2v) is 6.01. The third-order valence-corrected chi connectivity index (χ3v) is 4.01. The van der Waals surface area contributed by atoms with Gasteiger partial charge in [0.15, 0.2) is 5.41 Å². The summed E-state index contributed by atoms with van der Waals surface area (Å²) < 4.78 is 83.1. The minimum absolute atomic E-state index is 0.0104. The molecule has 0 aliphatic rings. The average Bonchev–Trinajstić information content (AvgIpc) is 2.43. The minimum atomic E-state index is -5.50. The highest BCUT2D eigenvalue weighted by molar-refractivity contribution is 5.87. The Bertz CT molecular complexity index is 411. The van der Waals surface area contributed by atoms with E-state index in [2.05, 4.69) is 6.58 Å². The highest BCUT2D eigenvalue weighted by atomic mass is 19.4. The molecule has 0 heterocycles. The highest BCUT2D eigenvalue weighted by Crippen LogP contribution is 2.53. The van der Waals surface area contributed by atoms with E-state index in [9.17, 15) is 31.1 Å². The number of halogens is 6. The Balaban J connectivity index is 5.39. The molecule has 0 amide bonds. The zero-order valence-electron chi connectivity index (χ0n) is 14.1. The first kappa shape index (κ1) is 22.8. The van der Waals surface area contributed by atoms with Crippen molar-refractivity contribution in [1.29, 1.82) is 0 Å². The number of alkyl halides is 6. The van der Waals surface area contributed by atoms with Gasteiger partial charge in [0.1, 0.15) is 6.10 Å². The van der Waals surface area contributed by atoms with Crippen molar-refractivity contribution in [2.24, 2.45) is 5.41 Å². The maximum atomic E-state index is 13.0. The summed E-state index contributed by atoms with van der Waals surface area (Å²) in [4.78, 5) is 11.7. The predicted molar refractivity (Wildman–Crippen MR) is 78.3 cm³/mol. The van der Waals surface area contributed by atoms with Gasteiger partial charge in [0.05, 0.1) is 0 Å². The molecule has 2 nitrogen and oxygen atoms in total. The van der Waals surface area contributed by atoms with Gasteiger partial charge in [-0.15, -0.1) is 0 Å². The summed E-state index contributed by atoms with van der Waals surface area (Å²) in [6, 6.07) is 0. The van der Waals surface area contributed by atoms with Crippen molar-refractivity contribution in [3.05, 3.63) is 12.2 Å². The van der Waals surface area contributed by atoms with Crippen molar-refractivity contribution < 1.29 is 35.9 Å². The summed E-state index contributed by atoms with van der Waals surface area (Å²) in [6.07, 6.45) is -11.9. The van der Waals surface area contributed by atoms with Crippen molar-refractivity contribution in [2.75, 3.05) is 0 Å². The fraction of sp³-hybridized carbons (Fsp3) is 0.812. The Labute approximate surface area is 138 Å². The van der Waals surface area contributed by atoms with Crippen LogP contribution in [0.1, 0.15) is 59.3 Å². The second-order valence-electron chi connectivity index (χ2n) is 6.01. The number of ether oxygens (including phenoxy) is 1. The van der Waals surface area contributed by atoms with Crippen LogP contribution in [0.4, 0.5) is 26.3 Å². The molecular weight excluding hydrogens is 338 g/mol. The molecule has 0 rings (SSSR count). The normalized spacial score (nSPS) is 14.4. The second kappa shape index (κ2) is 8.76. The SMILES string of the molecule is C=C(CC)C(=O)OC(CCCCC)CC(C)(C(F)(F)F)C(F)(F)F. The molecule has 24 heavy (non-hydrogen) atoms. The third-order valence-electron chi connectivity index (χ3n) is 4.01. The zero-order chi connectivity index (χ0) is 19.2. The number of hydrogen-bond acceptors (Lipinski definition) is 2. The van der Waals surface area contributed by atoms with E-state index in [1.54, 1.807) is 6.92 Å². The monoisotopic (exact) mass is 362 g/mol. The van der Waals surface area contributed by atoms with E-state index in [1.807, 2.05) is 6.92 Å².